The summed E-state index contributed by atoms with van der Waals surface area (Å²) in [6, 6.07) is 3.28. The topological polar surface area (TPSA) is 50.1 Å². The second-order valence-electron chi connectivity index (χ2n) is 4.22. The molecule has 0 spiro atoms. The van der Waals surface area contributed by atoms with Crippen molar-refractivity contribution < 1.29 is 5.11 Å². The number of phenolic OH excluding ortho intramolecular Hbond substituents is 1. The van der Waals surface area contributed by atoms with Crippen LogP contribution in [0, 0.1) is 0 Å². The predicted octanol–water partition coefficient (Wildman–Crippen LogP) is 3.92. The number of phenols is 1. The summed E-state index contributed by atoms with van der Waals surface area (Å²) in [7, 11) is 0. The normalized spacial score (nSPS) is 10.7. The number of nitrogens with zero attached hydrogens (tertiary/aromatic N) is 2. The summed E-state index contributed by atoms with van der Waals surface area (Å²) in [5, 5.41) is 13.2. The highest BCUT2D eigenvalue weighted by Gasteiger charge is 2.07. The molecule has 2 rings (SSSR count). The van der Waals surface area contributed by atoms with E-state index in [0.29, 0.717) is 6.54 Å². The van der Waals surface area contributed by atoms with E-state index in [-0.39, 0.29) is 15.8 Å². The molecule has 6 heteroatoms. The SMILES string of the molecule is CCCn1cncc1CNc1cc(Cl)c(O)c(Cl)c1. The van der Waals surface area contributed by atoms with Gasteiger partial charge in [-0.15, -0.1) is 0 Å². The van der Waals surface area contributed by atoms with Crippen LogP contribution in [0.3, 0.4) is 0 Å². The van der Waals surface area contributed by atoms with Crippen LogP contribution in [-0.2, 0) is 13.1 Å². The molecule has 0 aliphatic heterocycles. The van der Waals surface area contributed by atoms with Crippen molar-refractivity contribution in [3.8, 4) is 5.75 Å². The number of aryl methyl sites for hydroxylation is 1. The molecule has 2 aromatic rings. The Labute approximate surface area is 122 Å². The smallest absolute Gasteiger partial charge is 0.152 e. The number of halogens is 2. The molecule has 0 aliphatic carbocycles. The van der Waals surface area contributed by atoms with Gasteiger partial charge in [0.2, 0.25) is 0 Å². The third-order valence-corrected chi connectivity index (χ3v) is 3.33. The highest BCUT2D eigenvalue weighted by molar-refractivity contribution is 6.37. The number of rotatable bonds is 5. The van der Waals surface area contributed by atoms with Crippen LogP contribution in [0.4, 0.5) is 5.69 Å². The van der Waals surface area contributed by atoms with Crippen molar-refractivity contribution in [2.75, 3.05) is 5.32 Å². The van der Waals surface area contributed by atoms with Crippen molar-refractivity contribution in [2.24, 2.45) is 0 Å². The third kappa shape index (κ3) is 3.33. The molecule has 4 nitrogen and oxygen atoms in total. The van der Waals surface area contributed by atoms with Crippen LogP contribution in [0.25, 0.3) is 0 Å². The van der Waals surface area contributed by atoms with Gasteiger partial charge in [0.1, 0.15) is 0 Å². The number of nitrogens with one attached hydrogen (secondary N) is 1. The first-order valence-corrected chi connectivity index (χ1v) is 6.78. The van der Waals surface area contributed by atoms with E-state index in [4.69, 9.17) is 23.2 Å². The highest BCUT2D eigenvalue weighted by Crippen LogP contribution is 2.34. The van der Waals surface area contributed by atoms with E-state index >= 15 is 0 Å². The van der Waals surface area contributed by atoms with E-state index in [2.05, 4.69) is 21.8 Å². The van der Waals surface area contributed by atoms with Crippen LogP contribution in [0.15, 0.2) is 24.7 Å². The Morgan fingerprint density at radius 1 is 1.32 bits per heavy atom. The van der Waals surface area contributed by atoms with Gasteiger partial charge < -0.3 is 15.0 Å². The lowest BCUT2D eigenvalue weighted by Crippen LogP contribution is -2.06. The molecule has 1 heterocycles. The Morgan fingerprint density at radius 2 is 2.00 bits per heavy atom. The Morgan fingerprint density at radius 3 is 2.63 bits per heavy atom. The van der Waals surface area contributed by atoms with Crippen LogP contribution in [0.1, 0.15) is 19.0 Å². The number of benzene rings is 1. The number of aromatic nitrogens is 2. The van der Waals surface area contributed by atoms with Crippen molar-refractivity contribution in [1.82, 2.24) is 9.55 Å². The van der Waals surface area contributed by atoms with E-state index in [1.54, 1.807) is 12.1 Å². The van der Waals surface area contributed by atoms with E-state index in [0.717, 1.165) is 24.3 Å². The van der Waals surface area contributed by atoms with Gasteiger partial charge in [-0.05, 0) is 18.6 Å². The summed E-state index contributed by atoms with van der Waals surface area (Å²) in [6.45, 7) is 3.68. The number of anilines is 1. The minimum atomic E-state index is -0.0927. The first-order valence-electron chi connectivity index (χ1n) is 6.02. The standard InChI is InChI=1S/C13H15Cl2N3O/c1-2-3-18-8-16-6-10(18)7-17-9-4-11(14)13(19)12(15)5-9/h4-6,8,17,19H,2-3,7H2,1H3. The predicted molar refractivity (Wildman–Crippen MR) is 78.0 cm³/mol. The molecule has 19 heavy (non-hydrogen) atoms. The fourth-order valence-corrected chi connectivity index (χ4v) is 2.28. The average Bonchev–Trinajstić information content (AvgIpc) is 2.81. The van der Waals surface area contributed by atoms with Crippen LogP contribution in [-0.4, -0.2) is 14.7 Å². The maximum absolute atomic E-state index is 9.49. The molecule has 0 saturated heterocycles. The summed E-state index contributed by atoms with van der Waals surface area (Å²) < 4.78 is 2.09. The third-order valence-electron chi connectivity index (χ3n) is 2.75. The van der Waals surface area contributed by atoms with Gasteiger partial charge in [0.25, 0.3) is 0 Å². The molecule has 0 saturated carbocycles. The maximum atomic E-state index is 9.49. The Kier molecular flexibility index (Phi) is 4.56. The monoisotopic (exact) mass is 299 g/mol. The molecule has 0 bridgehead atoms. The molecule has 0 unspecified atom stereocenters. The van der Waals surface area contributed by atoms with Crippen molar-refractivity contribution in [1.29, 1.82) is 0 Å². The molecule has 0 aliphatic rings. The number of imidazole rings is 1. The van der Waals surface area contributed by atoms with Crippen molar-refractivity contribution in [3.63, 3.8) is 0 Å². The first-order chi connectivity index (χ1) is 9.11. The lowest BCUT2D eigenvalue weighted by Gasteiger charge is -2.10. The molecular formula is C13H15Cl2N3O. The number of hydrogen-bond acceptors (Lipinski definition) is 3. The first kappa shape index (κ1) is 14.0. The van der Waals surface area contributed by atoms with Crippen molar-refractivity contribution in [3.05, 3.63) is 40.4 Å². The van der Waals surface area contributed by atoms with Crippen LogP contribution >= 0.6 is 23.2 Å². The van der Waals surface area contributed by atoms with Crippen LogP contribution in [0.5, 0.6) is 5.75 Å². The zero-order valence-corrected chi connectivity index (χ0v) is 12.0. The van der Waals surface area contributed by atoms with Gasteiger partial charge in [0.05, 0.1) is 28.6 Å². The minimum absolute atomic E-state index is 0.0927. The summed E-state index contributed by atoms with van der Waals surface area (Å²) in [4.78, 5) is 4.13. The molecule has 0 radical (unpaired) electrons. The Bertz CT molecular complexity index is 546. The summed E-state index contributed by atoms with van der Waals surface area (Å²) >= 11 is 11.7. The van der Waals surface area contributed by atoms with Gasteiger partial charge in [-0.25, -0.2) is 4.98 Å². The fraction of sp³-hybridized carbons (Fsp3) is 0.308. The van der Waals surface area contributed by atoms with E-state index in [1.165, 1.54) is 0 Å². The minimum Gasteiger partial charge on any atom is -0.505 e. The maximum Gasteiger partial charge on any atom is 0.152 e. The molecule has 0 fully saturated rings. The molecule has 102 valence electrons. The van der Waals surface area contributed by atoms with Crippen molar-refractivity contribution in [2.45, 2.75) is 26.4 Å². The summed E-state index contributed by atoms with van der Waals surface area (Å²) in [6.07, 6.45) is 4.70. The zero-order valence-electron chi connectivity index (χ0n) is 10.5. The van der Waals surface area contributed by atoms with Crippen LogP contribution < -0.4 is 5.32 Å². The van der Waals surface area contributed by atoms with Gasteiger partial charge in [0.15, 0.2) is 5.75 Å². The van der Waals surface area contributed by atoms with E-state index in [9.17, 15) is 5.11 Å². The van der Waals surface area contributed by atoms with Crippen LogP contribution in [0.2, 0.25) is 10.0 Å². The van der Waals surface area contributed by atoms with Gasteiger partial charge in [-0.2, -0.15) is 0 Å². The lowest BCUT2D eigenvalue weighted by atomic mass is 10.3. The summed E-state index contributed by atoms with van der Waals surface area (Å²) in [5.41, 5.74) is 1.85. The highest BCUT2D eigenvalue weighted by atomic mass is 35.5. The van der Waals surface area contributed by atoms with E-state index < -0.39 is 0 Å². The van der Waals surface area contributed by atoms with Gasteiger partial charge in [0, 0.05) is 18.4 Å². The average molecular weight is 300 g/mol. The second kappa shape index (κ2) is 6.17. The van der Waals surface area contributed by atoms with Gasteiger partial charge in [-0.3, -0.25) is 0 Å². The largest absolute Gasteiger partial charge is 0.505 e. The number of aromatic hydroxyl groups is 1. The molecule has 0 atom stereocenters. The van der Waals surface area contributed by atoms with Gasteiger partial charge >= 0.3 is 0 Å². The van der Waals surface area contributed by atoms with Crippen molar-refractivity contribution >= 4 is 28.9 Å². The number of hydrogen-bond donors (Lipinski definition) is 2. The fourth-order valence-electron chi connectivity index (χ4n) is 1.80. The van der Waals surface area contributed by atoms with Gasteiger partial charge in [-0.1, -0.05) is 30.1 Å². The molecule has 2 N–H and O–H groups in total. The Balaban J connectivity index is 2.08. The molecule has 1 aromatic heterocycles. The zero-order chi connectivity index (χ0) is 13.8. The molecule has 0 amide bonds. The Hall–Kier alpha value is -1.39. The molecule has 1 aromatic carbocycles. The molecular weight excluding hydrogens is 285 g/mol. The lowest BCUT2D eigenvalue weighted by molar-refractivity contribution is 0.476. The van der Waals surface area contributed by atoms with E-state index in [1.807, 2.05) is 12.5 Å². The quantitative estimate of drug-likeness (QED) is 0.823. The second-order valence-corrected chi connectivity index (χ2v) is 5.03. The summed E-state index contributed by atoms with van der Waals surface area (Å²) in [5.74, 6) is -0.0927.